The zero-order valence-electron chi connectivity index (χ0n) is 17.3. The topological polar surface area (TPSA) is 42.2 Å². The smallest absolute Gasteiger partial charge is 0.165 e. The number of unbranched alkanes of at least 4 members (excludes halogenated alkanes) is 3. The number of nitrogens with one attached hydrogen (secondary N) is 1. The summed E-state index contributed by atoms with van der Waals surface area (Å²) in [7, 11) is 0. The van der Waals surface area contributed by atoms with E-state index >= 15 is 0 Å². The fourth-order valence-electron chi connectivity index (χ4n) is 3.34. The lowest BCUT2D eigenvalue weighted by Gasteiger charge is -2.20. The molecule has 3 aromatic rings. The van der Waals surface area contributed by atoms with Crippen LogP contribution in [0.1, 0.15) is 64.8 Å². The number of fused-ring (bicyclic) bond motifs is 1. The van der Waals surface area contributed by atoms with E-state index < -0.39 is 0 Å². The Hall–Kier alpha value is -2.36. The Morgan fingerprint density at radius 1 is 1.04 bits per heavy atom. The van der Waals surface area contributed by atoms with E-state index in [2.05, 4.69) is 70.3 Å². The monoisotopic (exact) mass is 364 g/mol. The van der Waals surface area contributed by atoms with Crippen LogP contribution in [0.4, 0.5) is 5.82 Å². The molecule has 0 saturated carbocycles. The van der Waals surface area contributed by atoms with E-state index in [4.69, 9.17) is 10.1 Å². The number of aryl methyl sites for hydroxylation is 1. The summed E-state index contributed by atoms with van der Waals surface area (Å²) >= 11 is 0. The maximum Gasteiger partial charge on any atom is 0.165 e. The van der Waals surface area contributed by atoms with Crippen molar-refractivity contribution in [3.05, 3.63) is 47.8 Å². The number of benzene rings is 1. The second-order valence-electron chi connectivity index (χ2n) is 8.33. The molecule has 0 aliphatic carbocycles. The lowest BCUT2D eigenvalue weighted by Crippen LogP contribution is -2.17. The molecule has 0 unspecified atom stereocenters. The van der Waals surface area contributed by atoms with Crippen LogP contribution < -0.4 is 5.32 Å². The van der Waals surface area contributed by atoms with Crippen molar-refractivity contribution in [3.63, 3.8) is 0 Å². The molecule has 0 spiro atoms. The minimum absolute atomic E-state index is 0.0213. The van der Waals surface area contributed by atoms with Crippen molar-refractivity contribution in [3.8, 4) is 11.1 Å². The van der Waals surface area contributed by atoms with Crippen LogP contribution in [-0.2, 0) is 5.41 Å². The maximum absolute atomic E-state index is 5.02. The fourth-order valence-corrected chi connectivity index (χ4v) is 3.34. The van der Waals surface area contributed by atoms with E-state index in [1.54, 1.807) is 0 Å². The summed E-state index contributed by atoms with van der Waals surface area (Å²) < 4.78 is 1.98. The average Bonchev–Trinajstić information content (AvgIpc) is 2.97. The second-order valence-corrected chi connectivity index (χ2v) is 8.33. The van der Waals surface area contributed by atoms with Gasteiger partial charge in [-0.3, -0.25) is 0 Å². The van der Waals surface area contributed by atoms with Gasteiger partial charge in [-0.15, -0.1) is 0 Å². The van der Waals surface area contributed by atoms with Gasteiger partial charge in [-0.25, -0.2) is 4.98 Å². The van der Waals surface area contributed by atoms with Crippen LogP contribution in [0.2, 0.25) is 0 Å². The Bertz CT molecular complexity index is 888. The van der Waals surface area contributed by atoms with E-state index in [0.717, 1.165) is 40.5 Å². The van der Waals surface area contributed by atoms with Crippen LogP contribution in [0.25, 0.3) is 16.8 Å². The summed E-state index contributed by atoms with van der Waals surface area (Å²) in [5, 5.41) is 8.43. The number of hydrogen-bond acceptors (Lipinski definition) is 3. The summed E-state index contributed by atoms with van der Waals surface area (Å²) in [4.78, 5) is 5.02. The van der Waals surface area contributed by atoms with Gasteiger partial charge in [0.05, 0.1) is 11.4 Å². The molecule has 0 aliphatic rings. The Morgan fingerprint density at radius 2 is 1.78 bits per heavy atom. The predicted molar refractivity (Wildman–Crippen MR) is 114 cm³/mol. The summed E-state index contributed by atoms with van der Waals surface area (Å²) in [5.74, 6) is 1.03. The molecule has 1 aromatic carbocycles. The Balaban J connectivity index is 2.06. The van der Waals surface area contributed by atoms with Crippen molar-refractivity contribution in [1.82, 2.24) is 14.6 Å². The number of aromatic nitrogens is 3. The third-order valence-electron chi connectivity index (χ3n) is 4.93. The van der Waals surface area contributed by atoms with Gasteiger partial charge in [0.15, 0.2) is 5.65 Å². The van der Waals surface area contributed by atoms with E-state index in [1.165, 1.54) is 25.7 Å². The number of anilines is 1. The van der Waals surface area contributed by atoms with Gasteiger partial charge in [-0.05, 0) is 18.9 Å². The minimum Gasteiger partial charge on any atom is -0.370 e. The zero-order chi connectivity index (χ0) is 19.4. The molecule has 1 N–H and O–H groups in total. The van der Waals surface area contributed by atoms with Gasteiger partial charge in [0, 0.05) is 23.6 Å². The quantitative estimate of drug-likeness (QED) is 0.523. The van der Waals surface area contributed by atoms with Crippen molar-refractivity contribution < 1.29 is 0 Å². The van der Waals surface area contributed by atoms with Gasteiger partial charge < -0.3 is 5.32 Å². The lowest BCUT2D eigenvalue weighted by molar-refractivity contribution is 0.568. The highest BCUT2D eigenvalue weighted by atomic mass is 15.3. The minimum atomic E-state index is -0.0213. The first kappa shape index (κ1) is 19.4. The van der Waals surface area contributed by atoms with Crippen LogP contribution in [0.15, 0.2) is 36.4 Å². The van der Waals surface area contributed by atoms with E-state index in [-0.39, 0.29) is 5.41 Å². The molecular formula is C23H32N4. The van der Waals surface area contributed by atoms with Gasteiger partial charge in [0.1, 0.15) is 5.82 Å². The second kappa shape index (κ2) is 8.12. The lowest BCUT2D eigenvalue weighted by atomic mass is 9.92. The van der Waals surface area contributed by atoms with E-state index in [9.17, 15) is 0 Å². The predicted octanol–water partition coefficient (Wildman–Crippen LogP) is 5.99. The van der Waals surface area contributed by atoms with Gasteiger partial charge >= 0.3 is 0 Å². The van der Waals surface area contributed by atoms with E-state index in [0.29, 0.717) is 0 Å². The summed E-state index contributed by atoms with van der Waals surface area (Å²) in [5.41, 5.74) is 5.29. The number of nitrogens with zero attached hydrogens (tertiary/aromatic N) is 3. The third kappa shape index (κ3) is 4.32. The molecule has 0 bridgehead atoms. The molecule has 3 rings (SSSR count). The molecule has 4 heteroatoms. The van der Waals surface area contributed by atoms with Crippen LogP contribution in [0.3, 0.4) is 0 Å². The Kier molecular flexibility index (Phi) is 5.83. The van der Waals surface area contributed by atoms with Crippen LogP contribution in [0, 0.1) is 6.92 Å². The summed E-state index contributed by atoms with van der Waals surface area (Å²) in [6.45, 7) is 11.9. The third-order valence-corrected chi connectivity index (χ3v) is 4.93. The standard InChI is InChI=1S/C23H32N4/c1-6-7-8-12-15-24-20-16-19(23(3,4)5)25-22-21(17(2)26-27(20)22)18-13-10-9-11-14-18/h9-11,13-14,16,24H,6-8,12,15H2,1-5H3. The van der Waals surface area contributed by atoms with Crippen molar-refractivity contribution in [2.45, 2.75) is 65.7 Å². The highest BCUT2D eigenvalue weighted by Crippen LogP contribution is 2.31. The Morgan fingerprint density at radius 3 is 2.44 bits per heavy atom. The SMILES string of the molecule is CCCCCCNc1cc(C(C)(C)C)nc2c(-c3ccccc3)c(C)nn12. The number of hydrogen-bond donors (Lipinski definition) is 1. The largest absolute Gasteiger partial charge is 0.370 e. The molecule has 27 heavy (non-hydrogen) atoms. The molecule has 4 nitrogen and oxygen atoms in total. The van der Waals surface area contributed by atoms with Crippen molar-refractivity contribution in [2.24, 2.45) is 0 Å². The summed E-state index contributed by atoms with van der Waals surface area (Å²) in [6, 6.07) is 12.6. The molecular weight excluding hydrogens is 332 g/mol. The van der Waals surface area contributed by atoms with Gasteiger partial charge in [-0.2, -0.15) is 9.61 Å². The first-order valence-corrected chi connectivity index (χ1v) is 10.1. The average molecular weight is 365 g/mol. The normalized spacial score (nSPS) is 11.9. The molecule has 0 saturated heterocycles. The van der Waals surface area contributed by atoms with Crippen LogP contribution in [0.5, 0.6) is 0 Å². The maximum atomic E-state index is 5.02. The van der Waals surface area contributed by atoms with Crippen molar-refractivity contribution >= 4 is 11.5 Å². The molecule has 0 amide bonds. The number of rotatable bonds is 7. The molecule has 0 atom stereocenters. The molecule has 2 aromatic heterocycles. The molecule has 2 heterocycles. The van der Waals surface area contributed by atoms with Gasteiger partial charge in [0.2, 0.25) is 0 Å². The molecule has 0 radical (unpaired) electrons. The van der Waals surface area contributed by atoms with E-state index in [1.807, 2.05) is 10.6 Å². The Labute approximate surface area is 163 Å². The molecule has 0 aliphatic heterocycles. The molecule has 0 fully saturated rings. The van der Waals surface area contributed by atoms with Crippen LogP contribution >= 0.6 is 0 Å². The van der Waals surface area contributed by atoms with Gasteiger partial charge in [-0.1, -0.05) is 77.3 Å². The summed E-state index contributed by atoms with van der Waals surface area (Å²) in [6.07, 6.45) is 4.98. The first-order valence-electron chi connectivity index (χ1n) is 10.1. The fraction of sp³-hybridized carbons (Fsp3) is 0.478. The van der Waals surface area contributed by atoms with Gasteiger partial charge in [0.25, 0.3) is 0 Å². The van der Waals surface area contributed by atoms with Crippen molar-refractivity contribution in [2.75, 3.05) is 11.9 Å². The highest BCUT2D eigenvalue weighted by molar-refractivity contribution is 5.81. The zero-order valence-corrected chi connectivity index (χ0v) is 17.3. The highest BCUT2D eigenvalue weighted by Gasteiger charge is 2.22. The van der Waals surface area contributed by atoms with Crippen LogP contribution in [-0.4, -0.2) is 21.1 Å². The molecule has 144 valence electrons. The van der Waals surface area contributed by atoms with Crippen molar-refractivity contribution in [1.29, 1.82) is 0 Å². The first-order chi connectivity index (χ1) is 12.9.